The van der Waals surface area contributed by atoms with Crippen molar-refractivity contribution >= 4 is 0 Å². The summed E-state index contributed by atoms with van der Waals surface area (Å²) in [4.78, 5) is 4.32. The Bertz CT molecular complexity index is 939. The van der Waals surface area contributed by atoms with Crippen LogP contribution in [-0.2, 0) is 6.18 Å². The van der Waals surface area contributed by atoms with Gasteiger partial charge in [0.15, 0.2) is 17.3 Å². The highest BCUT2D eigenvalue weighted by Crippen LogP contribution is 2.32. The number of benzene rings is 2. The van der Waals surface area contributed by atoms with Gasteiger partial charge in [-0.1, -0.05) is 18.2 Å². The molecule has 1 unspecified atom stereocenters. The van der Waals surface area contributed by atoms with Gasteiger partial charge in [-0.25, -0.2) is 4.98 Å². The fraction of sp³-hybridized carbons (Fsp3) is 0.263. The second-order valence-electron chi connectivity index (χ2n) is 5.94. The summed E-state index contributed by atoms with van der Waals surface area (Å²) in [5.74, 6) is 1.78. The number of hydrogen-bond donors (Lipinski definition) is 2. The topological polar surface area (TPSA) is 86.0 Å². The second kappa shape index (κ2) is 7.89. The molecule has 2 aromatic carbocycles. The molecule has 3 aromatic rings. The molecule has 1 aromatic heterocycles. The van der Waals surface area contributed by atoms with Crippen LogP contribution in [0.5, 0.6) is 11.5 Å². The molecule has 0 saturated carbocycles. The SMILES string of the molecule is CCOc1ccc(C(N)c2nc(-c3ccc(C(F)(F)F)cc3)n[nH]2)cc1OC. The van der Waals surface area contributed by atoms with Crippen LogP contribution >= 0.6 is 0 Å². The predicted molar refractivity (Wildman–Crippen MR) is 97.0 cm³/mol. The Morgan fingerprint density at radius 3 is 2.43 bits per heavy atom. The fourth-order valence-electron chi connectivity index (χ4n) is 2.66. The maximum atomic E-state index is 12.7. The highest BCUT2D eigenvalue weighted by atomic mass is 19.4. The molecule has 0 bridgehead atoms. The summed E-state index contributed by atoms with van der Waals surface area (Å²) in [6.07, 6.45) is -4.39. The Morgan fingerprint density at radius 1 is 1.11 bits per heavy atom. The number of aromatic nitrogens is 3. The number of hydrogen-bond acceptors (Lipinski definition) is 5. The minimum absolute atomic E-state index is 0.261. The van der Waals surface area contributed by atoms with E-state index in [1.807, 2.05) is 6.92 Å². The lowest BCUT2D eigenvalue weighted by Gasteiger charge is -2.13. The standard InChI is InChI=1S/C19H19F3N4O2/c1-3-28-14-9-6-12(10-15(14)27-2)16(23)18-24-17(25-26-18)11-4-7-13(8-5-11)19(20,21)22/h4-10,16H,3,23H2,1-2H3,(H,24,25,26). The van der Waals surface area contributed by atoms with Gasteiger partial charge in [-0.3, -0.25) is 5.10 Å². The van der Waals surface area contributed by atoms with E-state index in [0.717, 1.165) is 17.7 Å². The summed E-state index contributed by atoms with van der Waals surface area (Å²) in [6.45, 7) is 2.37. The first-order chi connectivity index (χ1) is 13.3. The number of rotatable bonds is 6. The van der Waals surface area contributed by atoms with Gasteiger partial charge in [0.1, 0.15) is 5.82 Å². The van der Waals surface area contributed by atoms with Crippen molar-refractivity contribution in [1.82, 2.24) is 15.2 Å². The monoisotopic (exact) mass is 392 g/mol. The molecule has 9 heteroatoms. The average Bonchev–Trinajstić information content (AvgIpc) is 3.17. The molecule has 0 aliphatic rings. The molecule has 3 rings (SSSR count). The van der Waals surface area contributed by atoms with Gasteiger partial charge in [-0.15, -0.1) is 0 Å². The van der Waals surface area contributed by atoms with Crippen LogP contribution in [0, 0.1) is 0 Å². The first-order valence-corrected chi connectivity index (χ1v) is 8.49. The van der Waals surface area contributed by atoms with Crippen LogP contribution in [0.3, 0.4) is 0 Å². The average molecular weight is 392 g/mol. The Kier molecular flexibility index (Phi) is 5.55. The van der Waals surface area contributed by atoms with E-state index < -0.39 is 17.8 Å². The largest absolute Gasteiger partial charge is 0.493 e. The van der Waals surface area contributed by atoms with E-state index in [4.69, 9.17) is 15.2 Å². The van der Waals surface area contributed by atoms with Crippen LogP contribution in [0.25, 0.3) is 11.4 Å². The number of methoxy groups -OCH3 is 1. The fourth-order valence-corrected chi connectivity index (χ4v) is 2.66. The molecule has 0 spiro atoms. The van der Waals surface area contributed by atoms with Crippen molar-refractivity contribution in [3.8, 4) is 22.9 Å². The number of nitrogens with two attached hydrogens (primary N) is 1. The van der Waals surface area contributed by atoms with E-state index in [2.05, 4.69) is 15.2 Å². The van der Waals surface area contributed by atoms with Crippen LogP contribution in [0.15, 0.2) is 42.5 Å². The van der Waals surface area contributed by atoms with Crippen molar-refractivity contribution in [2.75, 3.05) is 13.7 Å². The van der Waals surface area contributed by atoms with Crippen molar-refractivity contribution in [2.24, 2.45) is 5.73 Å². The minimum Gasteiger partial charge on any atom is -0.493 e. The quantitative estimate of drug-likeness (QED) is 0.664. The molecule has 0 aliphatic carbocycles. The molecule has 1 atom stereocenters. The number of aromatic amines is 1. The molecule has 0 fully saturated rings. The summed E-state index contributed by atoms with van der Waals surface area (Å²) >= 11 is 0. The van der Waals surface area contributed by atoms with E-state index in [1.54, 1.807) is 18.2 Å². The third kappa shape index (κ3) is 4.09. The van der Waals surface area contributed by atoms with Gasteiger partial charge < -0.3 is 15.2 Å². The molecular formula is C19H19F3N4O2. The minimum atomic E-state index is -4.39. The smallest absolute Gasteiger partial charge is 0.416 e. The number of nitrogens with zero attached hydrogens (tertiary/aromatic N) is 2. The Hall–Kier alpha value is -3.07. The van der Waals surface area contributed by atoms with E-state index in [-0.39, 0.29) is 5.82 Å². The van der Waals surface area contributed by atoms with E-state index in [0.29, 0.717) is 29.5 Å². The zero-order chi connectivity index (χ0) is 20.3. The van der Waals surface area contributed by atoms with E-state index >= 15 is 0 Å². The lowest BCUT2D eigenvalue weighted by molar-refractivity contribution is -0.137. The van der Waals surface area contributed by atoms with Crippen molar-refractivity contribution in [3.63, 3.8) is 0 Å². The van der Waals surface area contributed by atoms with Crippen molar-refractivity contribution in [1.29, 1.82) is 0 Å². The number of H-pyrrole nitrogens is 1. The van der Waals surface area contributed by atoms with Crippen LogP contribution in [-0.4, -0.2) is 28.9 Å². The molecule has 28 heavy (non-hydrogen) atoms. The summed E-state index contributed by atoms with van der Waals surface area (Å²) in [5.41, 5.74) is 6.70. The molecule has 6 nitrogen and oxygen atoms in total. The number of halogens is 3. The third-order valence-electron chi connectivity index (χ3n) is 4.11. The normalized spacial score (nSPS) is 12.6. The predicted octanol–water partition coefficient (Wildman–Crippen LogP) is 3.95. The molecule has 0 aliphatic heterocycles. The number of alkyl halides is 3. The van der Waals surface area contributed by atoms with Gasteiger partial charge in [0.05, 0.1) is 25.3 Å². The van der Waals surface area contributed by atoms with Gasteiger partial charge in [-0.05, 0) is 36.8 Å². The first kappa shape index (κ1) is 19.7. The molecule has 0 radical (unpaired) electrons. The van der Waals surface area contributed by atoms with Crippen molar-refractivity contribution in [3.05, 3.63) is 59.4 Å². The maximum absolute atomic E-state index is 12.7. The number of ether oxygens (including phenoxy) is 2. The van der Waals surface area contributed by atoms with Gasteiger partial charge in [0.25, 0.3) is 0 Å². The zero-order valence-corrected chi connectivity index (χ0v) is 15.2. The number of nitrogens with one attached hydrogen (secondary N) is 1. The van der Waals surface area contributed by atoms with Crippen molar-refractivity contribution < 1.29 is 22.6 Å². The highest BCUT2D eigenvalue weighted by Gasteiger charge is 2.30. The van der Waals surface area contributed by atoms with Gasteiger partial charge in [0.2, 0.25) is 0 Å². The highest BCUT2D eigenvalue weighted by molar-refractivity contribution is 5.55. The summed E-state index contributed by atoms with van der Waals surface area (Å²) in [6, 6.07) is 9.28. The van der Waals surface area contributed by atoms with Gasteiger partial charge in [0, 0.05) is 5.56 Å². The van der Waals surface area contributed by atoms with Crippen LogP contribution < -0.4 is 15.2 Å². The van der Waals surface area contributed by atoms with E-state index in [9.17, 15) is 13.2 Å². The second-order valence-corrected chi connectivity index (χ2v) is 5.94. The van der Waals surface area contributed by atoms with E-state index in [1.165, 1.54) is 19.2 Å². The molecule has 0 saturated heterocycles. The Morgan fingerprint density at radius 2 is 1.82 bits per heavy atom. The molecule has 0 amide bonds. The Labute approximate surface area is 159 Å². The Balaban J connectivity index is 1.83. The lowest BCUT2D eigenvalue weighted by atomic mass is 10.1. The molecule has 148 valence electrons. The maximum Gasteiger partial charge on any atom is 0.416 e. The zero-order valence-electron chi connectivity index (χ0n) is 15.2. The molecule has 1 heterocycles. The lowest BCUT2D eigenvalue weighted by Crippen LogP contribution is -2.14. The molecule has 3 N–H and O–H groups in total. The molecular weight excluding hydrogens is 373 g/mol. The van der Waals surface area contributed by atoms with Gasteiger partial charge >= 0.3 is 6.18 Å². The van der Waals surface area contributed by atoms with Gasteiger partial charge in [-0.2, -0.15) is 18.3 Å². The van der Waals surface area contributed by atoms with Crippen molar-refractivity contribution in [2.45, 2.75) is 19.1 Å². The van der Waals surface area contributed by atoms with Crippen LogP contribution in [0.2, 0.25) is 0 Å². The van der Waals surface area contributed by atoms with Crippen LogP contribution in [0.4, 0.5) is 13.2 Å². The van der Waals surface area contributed by atoms with Crippen LogP contribution in [0.1, 0.15) is 29.9 Å². The summed E-state index contributed by atoms with van der Waals surface area (Å²) in [5, 5.41) is 6.81. The summed E-state index contributed by atoms with van der Waals surface area (Å²) < 4.78 is 48.9. The first-order valence-electron chi connectivity index (χ1n) is 8.49. The third-order valence-corrected chi connectivity index (χ3v) is 4.11. The summed E-state index contributed by atoms with van der Waals surface area (Å²) in [7, 11) is 1.53.